The monoisotopic (exact) mass is 679 g/mol. The fourth-order valence-corrected chi connectivity index (χ4v) is 5.12. The average Bonchev–Trinajstić information content (AvgIpc) is 3.00. The van der Waals surface area contributed by atoms with Gasteiger partial charge in [0.15, 0.2) is 0 Å². The van der Waals surface area contributed by atoms with Gasteiger partial charge in [0, 0.05) is 82.5 Å². The molecule has 2 amide bonds. The minimum absolute atomic E-state index is 0.00434. The van der Waals surface area contributed by atoms with E-state index in [1.54, 1.807) is 21.0 Å². The maximum absolute atomic E-state index is 13.0. The summed E-state index contributed by atoms with van der Waals surface area (Å²) < 4.78 is 11.2. The second-order valence-electron chi connectivity index (χ2n) is 13.6. The number of benzene rings is 1. The van der Waals surface area contributed by atoms with Crippen molar-refractivity contribution in [1.82, 2.24) is 10.2 Å². The van der Waals surface area contributed by atoms with Crippen LogP contribution in [0.15, 0.2) is 36.4 Å². The highest BCUT2D eigenvalue weighted by atomic mass is 16.5. The van der Waals surface area contributed by atoms with Gasteiger partial charge in [-0.25, -0.2) is 9.59 Å². The Morgan fingerprint density at radius 2 is 1.67 bits per heavy atom. The molecule has 1 aliphatic heterocycles. The number of nitrogens with zero attached hydrogens (tertiary/aromatic N) is 2. The van der Waals surface area contributed by atoms with Crippen LogP contribution in [0.4, 0.5) is 5.69 Å². The summed E-state index contributed by atoms with van der Waals surface area (Å²) in [5.74, 6) is -2.76. The predicted molar refractivity (Wildman–Crippen MR) is 184 cm³/mol. The largest absolute Gasteiger partial charge is 0.491 e. The number of carboxylic acids is 2. The molecule has 1 aliphatic rings. The Morgan fingerprint density at radius 3 is 2.19 bits per heavy atom. The molecule has 0 spiro atoms. The molecular weight excluding hydrogens is 622 g/mol. The van der Waals surface area contributed by atoms with Crippen molar-refractivity contribution in [2.45, 2.75) is 72.1 Å². The maximum atomic E-state index is 13.0. The molecule has 1 saturated heterocycles. The van der Waals surface area contributed by atoms with Gasteiger partial charge in [-0.15, -0.1) is 0 Å². The van der Waals surface area contributed by atoms with E-state index in [0.29, 0.717) is 31.9 Å². The molecule has 0 unspecified atom stereocenters. The summed E-state index contributed by atoms with van der Waals surface area (Å²) in [6.45, 7) is 15.9. The smallest absolute Gasteiger partial charge is 0.328 e. The Kier molecular flexibility index (Phi) is 17.6. The zero-order valence-electron chi connectivity index (χ0n) is 29.5. The molecule has 48 heavy (non-hydrogen) atoms. The lowest BCUT2D eigenvalue weighted by Crippen LogP contribution is -2.62. The van der Waals surface area contributed by atoms with Crippen LogP contribution < -0.4 is 26.4 Å². The normalized spacial score (nSPS) is 16.8. The zero-order chi connectivity index (χ0) is 36.7. The van der Waals surface area contributed by atoms with Gasteiger partial charge in [0.2, 0.25) is 11.8 Å². The summed E-state index contributed by atoms with van der Waals surface area (Å²) in [7, 11) is 1.69. The Labute approximate surface area is 284 Å². The first-order chi connectivity index (χ1) is 22.3. The van der Waals surface area contributed by atoms with Gasteiger partial charge in [-0.05, 0) is 52.2 Å². The Bertz CT molecular complexity index is 1210. The number of ether oxygens (including phenoxy) is 2. The van der Waals surface area contributed by atoms with Crippen LogP contribution in [0.1, 0.15) is 54.4 Å². The van der Waals surface area contributed by atoms with Gasteiger partial charge in [0.25, 0.3) is 0 Å². The van der Waals surface area contributed by atoms with Gasteiger partial charge in [-0.2, -0.15) is 0 Å². The number of piperazine rings is 1. The minimum atomic E-state index is -1.26. The maximum Gasteiger partial charge on any atom is 0.328 e. The number of amides is 2. The fraction of sp³-hybridized carbons (Fsp3) is 0.647. The number of carbonyl (C=O) groups is 4. The second-order valence-corrected chi connectivity index (χ2v) is 13.6. The number of carbonyl (C=O) groups excluding carboxylic acids is 2. The molecule has 14 heteroatoms. The van der Waals surface area contributed by atoms with Crippen molar-refractivity contribution in [1.29, 1.82) is 0 Å². The van der Waals surface area contributed by atoms with E-state index >= 15 is 0 Å². The van der Waals surface area contributed by atoms with Crippen molar-refractivity contribution in [3.63, 3.8) is 0 Å². The lowest BCUT2D eigenvalue weighted by atomic mass is 9.86. The minimum Gasteiger partial charge on any atom is -0.491 e. The highest BCUT2D eigenvalue weighted by molar-refractivity contribution is 5.89. The predicted octanol–water partition coefficient (Wildman–Crippen LogP) is 1.69. The number of rotatable bonds is 18. The number of anilines is 1. The average molecular weight is 680 g/mol. The number of nitrogens with two attached hydrogens (primary N) is 2. The van der Waals surface area contributed by atoms with Crippen LogP contribution in [0, 0.1) is 17.3 Å². The molecule has 1 aromatic rings. The van der Waals surface area contributed by atoms with Gasteiger partial charge in [0.05, 0.1) is 23.8 Å². The fourth-order valence-electron chi connectivity index (χ4n) is 5.12. The third kappa shape index (κ3) is 14.6. The molecule has 0 saturated carbocycles. The van der Waals surface area contributed by atoms with Crippen LogP contribution in [0.3, 0.4) is 0 Å². The molecule has 2 rings (SSSR count). The molecule has 0 aromatic heterocycles. The number of aliphatic hydroxyl groups excluding tert-OH is 1. The van der Waals surface area contributed by atoms with Crippen molar-refractivity contribution in [2.24, 2.45) is 28.7 Å². The number of carboxylic acid groups (broad SMARTS) is 2. The molecule has 8 N–H and O–H groups in total. The van der Waals surface area contributed by atoms with E-state index in [-0.39, 0.29) is 30.3 Å². The number of para-hydroxylation sites is 2. The van der Waals surface area contributed by atoms with E-state index in [4.69, 9.17) is 31.2 Å². The molecule has 3 atom stereocenters. The molecule has 1 aromatic carbocycles. The quantitative estimate of drug-likeness (QED) is 0.0965. The highest BCUT2D eigenvalue weighted by Crippen LogP contribution is 2.33. The van der Waals surface area contributed by atoms with Gasteiger partial charge >= 0.3 is 11.9 Å². The summed E-state index contributed by atoms with van der Waals surface area (Å²) in [6.07, 6.45) is 1.34. The molecular formula is C34H57N5O9. The number of aliphatic carboxylic acids is 2. The molecule has 0 radical (unpaired) electrons. The van der Waals surface area contributed by atoms with Crippen LogP contribution >= 0.6 is 0 Å². The molecule has 1 heterocycles. The summed E-state index contributed by atoms with van der Waals surface area (Å²) in [5, 5.41) is 29.5. The van der Waals surface area contributed by atoms with E-state index in [0.717, 1.165) is 37.5 Å². The van der Waals surface area contributed by atoms with Crippen molar-refractivity contribution >= 4 is 29.4 Å². The summed E-state index contributed by atoms with van der Waals surface area (Å²) in [4.78, 5) is 48.3. The van der Waals surface area contributed by atoms with Crippen LogP contribution in [0.5, 0.6) is 5.75 Å². The van der Waals surface area contributed by atoms with Crippen molar-refractivity contribution in [3.05, 3.63) is 36.4 Å². The molecule has 1 fully saturated rings. The number of primary amides is 1. The second kappa shape index (κ2) is 19.9. The van der Waals surface area contributed by atoms with Crippen LogP contribution in [-0.2, 0) is 23.9 Å². The molecule has 14 nitrogen and oxygen atoms in total. The first-order valence-electron chi connectivity index (χ1n) is 16.2. The number of aliphatic hydroxyl groups is 1. The Morgan fingerprint density at radius 1 is 1.06 bits per heavy atom. The third-order valence-electron chi connectivity index (χ3n) is 8.33. The number of hydrogen-bond acceptors (Lipinski definition) is 10. The summed E-state index contributed by atoms with van der Waals surface area (Å²) in [5.41, 5.74) is 12.0. The van der Waals surface area contributed by atoms with Gasteiger partial charge in [-0.3, -0.25) is 14.5 Å². The highest BCUT2D eigenvalue weighted by Gasteiger charge is 2.37. The van der Waals surface area contributed by atoms with Crippen molar-refractivity contribution in [2.75, 3.05) is 57.9 Å². The van der Waals surface area contributed by atoms with Crippen LogP contribution in [0.25, 0.3) is 0 Å². The number of methoxy groups -OCH3 is 1. The van der Waals surface area contributed by atoms with E-state index < -0.39 is 41.3 Å². The standard InChI is InChI=1S/C30H53N5O5.C4H4O4/c1-21(2)22(27(37)33-19-29(3,4)28(32)38)17-25(36)23(31)18-35-14-13-34(20-30(35,5)6)24-11-8-9-12-26(24)40-16-10-15-39-7;5-3(6)1-2-4(7)8/h8-9,11-12,21-23,25,36H,10,13-20,31H2,1-7H3,(H2,32,38)(H,33,37);1-2H,(H,5,6)(H,7,8)/b;2-1+/t22-,23-,25-;/m0./s1. The van der Waals surface area contributed by atoms with E-state index in [2.05, 4.69) is 35.0 Å². The molecule has 272 valence electrons. The third-order valence-corrected chi connectivity index (χ3v) is 8.33. The Balaban J connectivity index is 0.00000127. The lowest BCUT2D eigenvalue weighted by Gasteiger charge is -2.49. The molecule has 0 aliphatic carbocycles. The lowest BCUT2D eigenvalue weighted by molar-refractivity contribution is -0.134. The van der Waals surface area contributed by atoms with Crippen molar-refractivity contribution in [3.8, 4) is 5.75 Å². The number of hydrogen-bond donors (Lipinski definition) is 6. The van der Waals surface area contributed by atoms with Crippen LogP contribution in [-0.4, -0.2) is 115 Å². The van der Waals surface area contributed by atoms with Gasteiger partial charge in [-0.1, -0.05) is 26.0 Å². The summed E-state index contributed by atoms with van der Waals surface area (Å²) in [6, 6.07) is 7.59. The van der Waals surface area contributed by atoms with Crippen molar-refractivity contribution < 1.29 is 44.0 Å². The van der Waals surface area contributed by atoms with E-state index in [9.17, 15) is 24.3 Å². The first kappa shape index (κ1) is 42.3. The van der Waals surface area contributed by atoms with Crippen LogP contribution in [0.2, 0.25) is 0 Å². The van der Waals surface area contributed by atoms with Gasteiger partial charge < -0.3 is 46.5 Å². The zero-order valence-corrected chi connectivity index (χ0v) is 29.5. The topological polar surface area (TPSA) is 218 Å². The number of nitrogens with one attached hydrogen (secondary N) is 1. The SMILES string of the molecule is COCCCOc1ccccc1N1CCN(C[C@H](N)[C@@H](O)C[C@H](C(=O)NCC(C)(C)C(N)=O)C(C)C)C(C)(C)C1.O=C(O)/C=C/C(=O)O. The molecule has 0 bridgehead atoms. The van der Waals surface area contributed by atoms with E-state index in [1.807, 2.05) is 32.0 Å². The van der Waals surface area contributed by atoms with Gasteiger partial charge in [0.1, 0.15) is 5.75 Å². The summed E-state index contributed by atoms with van der Waals surface area (Å²) >= 11 is 0. The van der Waals surface area contributed by atoms with E-state index in [1.165, 1.54) is 0 Å². The first-order valence-corrected chi connectivity index (χ1v) is 16.2. The Hall–Kier alpha value is -3.72.